The minimum atomic E-state index is -0.187. The van der Waals surface area contributed by atoms with E-state index in [9.17, 15) is 0 Å². The summed E-state index contributed by atoms with van der Waals surface area (Å²) in [6.45, 7) is 3.91. The smallest absolute Gasteiger partial charge is 0.196 e. The molecule has 12 heavy (non-hydrogen) atoms. The van der Waals surface area contributed by atoms with Crippen molar-refractivity contribution in [3.63, 3.8) is 0 Å². The van der Waals surface area contributed by atoms with Gasteiger partial charge in [-0.2, -0.15) is 0 Å². The topological polar surface area (TPSA) is 18.5 Å². The molecule has 0 amide bonds. The van der Waals surface area contributed by atoms with Gasteiger partial charge >= 0.3 is 0 Å². The molecule has 1 aromatic carbocycles. The molecule has 0 aliphatic carbocycles. The van der Waals surface area contributed by atoms with Gasteiger partial charge in [-0.3, -0.25) is 0 Å². The third-order valence-corrected chi connectivity index (χ3v) is 1.65. The van der Waals surface area contributed by atoms with Crippen molar-refractivity contribution < 1.29 is 9.47 Å². The lowest BCUT2D eigenvalue weighted by Crippen LogP contribution is -2.13. The van der Waals surface area contributed by atoms with Crippen LogP contribution in [0.25, 0.3) is 0 Å². The van der Waals surface area contributed by atoms with E-state index in [0.29, 0.717) is 0 Å². The van der Waals surface area contributed by atoms with Crippen LogP contribution in [0.4, 0.5) is 0 Å². The third kappa shape index (κ3) is 2.55. The van der Waals surface area contributed by atoms with E-state index >= 15 is 0 Å². The summed E-state index contributed by atoms with van der Waals surface area (Å²) < 4.78 is 10.4. The maximum absolute atomic E-state index is 5.40. The molecule has 1 atom stereocenters. The van der Waals surface area contributed by atoms with E-state index in [2.05, 4.69) is 0 Å². The fourth-order valence-electron chi connectivity index (χ4n) is 0.857. The van der Waals surface area contributed by atoms with Gasteiger partial charge in [0.15, 0.2) is 6.29 Å². The second-order valence-electron chi connectivity index (χ2n) is 2.73. The van der Waals surface area contributed by atoms with Crippen molar-refractivity contribution in [1.82, 2.24) is 0 Å². The molecule has 66 valence electrons. The molecular weight excluding hydrogens is 152 g/mol. The van der Waals surface area contributed by atoms with Crippen molar-refractivity contribution in [2.75, 3.05) is 7.11 Å². The Hall–Kier alpha value is -1.02. The van der Waals surface area contributed by atoms with Crippen LogP contribution in [-0.4, -0.2) is 13.4 Å². The Morgan fingerprint density at radius 1 is 1.17 bits per heavy atom. The minimum absolute atomic E-state index is 0.187. The first-order valence-electron chi connectivity index (χ1n) is 3.98. The van der Waals surface area contributed by atoms with Crippen molar-refractivity contribution in [3.05, 3.63) is 29.8 Å². The average Bonchev–Trinajstić information content (AvgIpc) is 2.09. The number of methoxy groups -OCH3 is 1. The number of benzene rings is 1. The zero-order valence-electron chi connectivity index (χ0n) is 7.70. The van der Waals surface area contributed by atoms with Crippen LogP contribution in [0.15, 0.2) is 24.3 Å². The molecule has 0 N–H and O–H groups in total. The monoisotopic (exact) mass is 166 g/mol. The second-order valence-corrected chi connectivity index (χ2v) is 2.73. The zero-order valence-corrected chi connectivity index (χ0v) is 7.70. The normalized spacial score (nSPS) is 12.6. The summed E-state index contributed by atoms with van der Waals surface area (Å²) in [6, 6.07) is 7.89. The summed E-state index contributed by atoms with van der Waals surface area (Å²) in [5, 5.41) is 0. The lowest BCUT2D eigenvalue weighted by molar-refractivity contribution is -0.0382. The van der Waals surface area contributed by atoms with E-state index in [-0.39, 0.29) is 6.29 Å². The van der Waals surface area contributed by atoms with Gasteiger partial charge in [0, 0.05) is 7.11 Å². The van der Waals surface area contributed by atoms with Crippen molar-refractivity contribution in [2.45, 2.75) is 20.1 Å². The highest BCUT2D eigenvalue weighted by Crippen LogP contribution is 2.12. The first-order chi connectivity index (χ1) is 5.72. The van der Waals surface area contributed by atoms with Gasteiger partial charge in [0.2, 0.25) is 0 Å². The Labute approximate surface area is 73.1 Å². The Bertz CT molecular complexity index is 228. The lowest BCUT2D eigenvalue weighted by Gasteiger charge is -2.12. The van der Waals surface area contributed by atoms with E-state index in [1.54, 1.807) is 7.11 Å². The van der Waals surface area contributed by atoms with Crippen LogP contribution < -0.4 is 4.74 Å². The van der Waals surface area contributed by atoms with E-state index in [0.717, 1.165) is 5.75 Å². The predicted octanol–water partition coefficient (Wildman–Crippen LogP) is 2.37. The summed E-state index contributed by atoms with van der Waals surface area (Å²) in [5.41, 5.74) is 1.23. The Kier molecular flexibility index (Phi) is 3.11. The second kappa shape index (κ2) is 4.12. The van der Waals surface area contributed by atoms with Gasteiger partial charge in [-0.15, -0.1) is 0 Å². The van der Waals surface area contributed by atoms with Crippen LogP contribution in [0, 0.1) is 6.92 Å². The maximum atomic E-state index is 5.40. The van der Waals surface area contributed by atoms with E-state index in [4.69, 9.17) is 9.47 Å². The summed E-state index contributed by atoms with van der Waals surface area (Å²) >= 11 is 0. The predicted molar refractivity (Wildman–Crippen MR) is 48.3 cm³/mol. The van der Waals surface area contributed by atoms with Crippen molar-refractivity contribution in [1.29, 1.82) is 0 Å². The molecule has 0 spiro atoms. The van der Waals surface area contributed by atoms with Gasteiger partial charge < -0.3 is 9.47 Å². The summed E-state index contributed by atoms with van der Waals surface area (Å²) in [6.07, 6.45) is -0.187. The highest BCUT2D eigenvalue weighted by Gasteiger charge is 1.99. The molecule has 2 nitrogen and oxygen atoms in total. The van der Waals surface area contributed by atoms with E-state index in [1.165, 1.54) is 5.56 Å². The van der Waals surface area contributed by atoms with Gasteiger partial charge in [-0.25, -0.2) is 0 Å². The van der Waals surface area contributed by atoms with Crippen molar-refractivity contribution in [3.8, 4) is 5.75 Å². The quantitative estimate of drug-likeness (QED) is 0.642. The lowest BCUT2D eigenvalue weighted by atomic mass is 10.2. The van der Waals surface area contributed by atoms with Crippen LogP contribution >= 0.6 is 0 Å². The SMILES string of the molecule is COC(C)Oc1ccc(C)cc1. The molecule has 0 bridgehead atoms. The number of aryl methyl sites for hydroxylation is 1. The van der Waals surface area contributed by atoms with E-state index in [1.807, 2.05) is 38.1 Å². The number of rotatable bonds is 3. The molecule has 0 heterocycles. The molecule has 1 rings (SSSR count). The van der Waals surface area contributed by atoms with Gasteiger partial charge in [0.25, 0.3) is 0 Å². The Morgan fingerprint density at radius 2 is 1.75 bits per heavy atom. The summed E-state index contributed by atoms with van der Waals surface area (Å²) in [5.74, 6) is 0.843. The van der Waals surface area contributed by atoms with Crippen LogP contribution in [0.2, 0.25) is 0 Å². The highest BCUT2D eigenvalue weighted by atomic mass is 16.7. The standard InChI is InChI=1S/C10H14O2/c1-8-4-6-10(7-5-8)12-9(2)11-3/h4-7,9H,1-3H3. The highest BCUT2D eigenvalue weighted by molar-refractivity contribution is 5.26. The van der Waals surface area contributed by atoms with Crippen LogP contribution in [0.5, 0.6) is 5.75 Å². The molecule has 0 aromatic heterocycles. The molecule has 0 radical (unpaired) electrons. The number of hydrogen-bond donors (Lipinski definition) is 0. The fraction of sp³-hybridized carbons (Fsp3) is 0.400. The Balaban J connectivity index is 2.58. The third-order valence-electron chi connectivity index (χ3n) is 1.65. The molecule has 1 unspecified atom stereocenters. The molecule has 1 aromatic rings. The minimum Gasteiger partial charge on any atom is -0.465 e. The van der Waals surface area contributed by atoms with Gasteiger partial charge in [0.1, 0.15) is 5.75 Å². The largest absolute Gasteiger partial charge is 0.465 e. The van der Waals surface area contributed by atoms with E-state index < -0.39 is 0 Å². The van der Waals surface area contributed by atoms with Crippen molar-refractivity contribution in [2.24, 2.45) is 0 Å². The number of ether oxygens (including phenoxy) is 2. The molecule has 0 fully saturated rings. The van der Waals surface area contributed by atoms with Crippen LogP contribution in [0.1, 0.15) is 12.5 Å². The molecule has 0 saturated carbocycles. The first-order valence-corrected chi connectivity index (χ1v) is 3.98. The summed E-state index contributed by atoms with van der Waals surface area (Å²) in [7, 11) is 1.62. The van der Waals surface area contributed by atoms with Gasteiger partial charge in [-0.1, -0.05) is 17.7 Å². The van der Waals surface area contributed by atoms with Crippen LogP contribution in [-0.2, 0) is 4.74 Å². The zero-order chi connectivity index (χ0) is 8.97. The molecule has 0 saturated heterocycles. The molecular formula is C10H14O2. The molecule has 0 aliphatic heterocycles. The van der Waals surface area contributed by atoms with Gasteiger partial charge in [-0.05, 0) is 26.0 Å². The molecule has 2 heteroatoms. The maximum Gasteiger partial charge on any atom is 0.196 e. The fourth-order valence-corrected chi connectivity index (χ4v) is 0.857. The Morgan fingerprint density at radius 3 is 2.25 bits per heavy atom. The number of hydrogen-bond acceptors (Lipinski definition) is 2. The first kappa shape index (κ1) is 9.07. The van der Waals surface area contributed by atoms with Crippen molar-refractivity contribution >= 4 is 0 Å². The molecule has 0 aliphatic rings. The van der Waals surface area contributed by atoms with Crippen LogP contribution in [0.3, 0.4) is 0 Å². The van der Waals surface area contributed by atoms with Gasteiger partial charge in [0.05, 0.1) is 0 Å². The average molecular weight is 166 g/mol. The summed E-state index contributed by atoms with van der Waals surface area (Å²) in [4.78, 5) is 0.